The molecule has 0 heterocycles. The molecule has 0 amide bonds. The van der Waals surface area contributed by atoms with E-state index in [1.165, 1.54) is 5.56 Å². The molecule has 1 atom stereocenters. The quantitative estimate of drug-likeness (QED) is 0.661. The molecule has 2 aromatic rings. The molecule has 0 aromatic heterocycles. The Hall–Kier alpha value is -2.61. The van der Waals surface area contributed by atoms with E-state index in [4.69, 9.17) is 5.73 Å². The fraction of sp³-hybridized carbons (Fsp3) is 0.150. The van der Waals surface area contributed by atoms with Gasteiger partial charge < -0.3 is 5.73 Å². The van der Waals surface area contributed by atoms with Crippen molar-refractivity contribution in [2.24, 2.45) is 4.99 Å². The SMILES string of the molecule is CN=C(C1=CCC(c2ccccc2)C=C1)c1ccccc1N. The van der Waals surface area contributed by atoms with Crippen LogP contribution in [0.5, 0.6) is 0 Å². The van der Waals surface area contributed by atoms with Crippen molar-refractivity contribution in [3.05, 3.63) is 89.5 Å². The first-order valence-electron chi connectivity index (χ1n) is 7.55. The van der Waals surface area contributed by atoms with Crippen LogP contribution in [0.3, 0.4) is 0 Å². The Morgan fingerprint density at radius 1 is 1.05 bits per heavy atom. The maximum atomic E-state index is 6.09. The molecule has 1 aliphatic carbocycles. The zero-order valence-electron chi connectivity index (χ0n) is 12.7. The van der Waals surface area contributed by atoms with Crippen LogP contribution < -0.4 is 5.73 Å². The summed E-state index contributed by atoms with van der Waals surface area (Å²) >= 11 is 0. The highest BCUT2D eigenvalue weighted by molar-refractivity contribution is 6.17. The van der Waals surface area contributed by atoms with Crippen LogP contribution in [0.2, 0.25) is 0 Å². The lowest BCUT2D eigenvalue weighted by Crippen LogP contribution is -2.10. The van der Waals surface area contributed by atoms with Gasteiger partial charge in [0, 0.05) is 24.2 Å². The third kappa shape index (κ3) is 2.86. The van der Waals surface area contributed by atoms with Gasteiger partial charge in [0.1, 0.15) is 0 Å². The van der Waals surface area contributed by atoms with Gasteiger partial charge in [-0.2, -0.15) is 0 Å². The molecule has 0 fully saturated rings. The number of hydrogen-bond donors (Lipinski definition) is 1. The zero-order valence-corrected chi connectivity index (χ0v) is 12.7. The monoisotopic (exact) mass is 288 g/mol. The van der Waals surface area contributed by atoms with Gasteiger partial charge in [0.15, 0.2) is 0 Å². The molecule has 0 aliphatic heterocycles. The average molecular weight is 288 g/mol. The van der Waals surface area contributed by atoms with E-state index in [0.29, 0.717) is 5.92 Å². The number of anilines is 1. The van der Waals surface area contributed by atoms with E-state index in [9.17, 15) is 0 Å². The summed E-state index contributed by atoms with van der Waals surface area (Å²) in [6, 6.07) is 18.5. The second kappa shape index (κ2) is 6.44. The van der Waals surface area contributed by atoms with E-state index < -0.39 is 0 Å². The van der Waals surface area contributed by atoms with Crippen molar-refractivity contribution < 1.29 is 0 Å². The predicted octanol–water partition coefficient (Wildman–Crippen LogP) is 4.36. The fourth-order valence-electron chi connectivity index (χ4n) is 2.86. The van der Waals surface area contributed by atoms with Crippen molar-refractivity contribution >= 4 is 11.4 Å². The molecule has 1 aliphatic rings. The number of hydrogen-bond acceptors (Lipinski definition) is 2. The third-order valence-corrected chi connectivity index (χ3v) is 4.04. The Morgan fingerprint density at radius 2 is 1.77 bits per heavy atom. The van der Waals surface area contributed by atoms with Crippen LogP contribution >= 0.6 is 0 Å². The highest BCUT2D eigenvalue weighted by Gasteiger charge is 2.15. The maximum absolute atomic E-state index is 6.09. The van der Waals surface area contributed by atoms with Crippen LogP contribution in [0, 0.1) is 0 Å². The molecule has 22 heavy (non-hydrogen) atoms. The molecular weight excluding hydrogens is 268 g/mol. The van der Waals surface area contributed by atoms with Crippen LogP contribution in [0.4, 0.5) is 5.69 Å². The van der Waals surface area contributed by atoms with E-state index >= 15 is 0 Å². The molecule has 110 valence electrons. The lowest BCUT2D eigenvalue weighted by Gasteiger charge is -2.18. The number of aliphatic imine (C=N–C) groups is 1. The zero-order chi connectivity index (χ0) is 15.4. The first-order valence-corrected chi connectivity index (χ1v) is 7.55. The molecule has 2 heteroatoms. The number of rotatable bonds is 3. The minimum atomic E-state index is 0.441. The second-order valence-corrected chi connectivity index (χ2v) is 5.43. The minimum Gasteiger partial charge on any atom is -0.398 e. The lowest BCUT2D eigenvalue weighted by atomic mass is 9.87. The van der Waals surface area contributed by atoms with E-state index in [1.54, 1.807) is 0 Å². The van der Waals surface area contributed by atoms with E-state index in [1.807, 2.05) is 31.3 Å². The molecule has 0 saturated heterocycles. The van der Waals surface area contributed by atoms with Crippen LogP contribution in [0.15, 0.2) is 83.4 Å². The van der Waals surface area contributed by atoms with Gasteiger partial charge in [0.05, 0.1) is 5.71 Å². The van der Waals surface area contributed by atoms with Gasteiger partial charge in [-0.1, -0.05) is 66.8 Å². The summed E-state index contributed by atoms with van der Waals surface area (Å²) in [5, 5.41) is 0. The van der Waals surface area contributed by atoms with Crippen molar-refractivity contribution in [3.63, 3.8) is 0 Å². The lowest BCUT2D eigenvalue weighted by molar-refractivity contribution is 0.850. The molecule has 2 aromatic carbocycles. The molecule has 1 unspecified atom stereocenters. The van der Waals surface area contributed by atoms with Gasteiger partial charge in [-0.25, -0.2) is 0 Å². The molecule has 0 bridgehead atoms. The molecule has 2 nitrogen and oxygen atoms in total. The molecule has 3 rings (SSSR count). The van der Waals surface area contributed by atoms with Crippen molar-refractivity contribution in [2.45, 2.75) is 12.3 Å². The summed E-state index contributed by atoms with van der Waals surface area (Å²) in [7, 11) is 1.82. The third-order valence-electron chi connectivity index (χ3n) is 4.04. The number of nitrogen functional groups attached to an aromatic ring is 1. The van der Waals surface area contributed by atoms with E-state index in [2.05, 4.69) is 53.6 Å². The number of para-hydroxylation sites is 1. The minimum absolute atomic E-state index is 0.441. The summed E-state index contributed by atoms with van der Waals surface area (Å²) in [4.78, 5) is 4.46. The number of nitrogens with two attached hydrogens (primary N) is 1. The normalized spacial score (nSPS) is 18.1. The van der Waals surface area contributed by atoms with Crippen LogP contribution in [-0.2, 0) is 0 Å². The van der Waals surface area contributed by atoms with Gasteiger partial charge >= 0.3 is 0 Å². The molecular formula is C20H20N2. The number of benzene rings is 2. The Balaban J connectivity index is 1.84. The molecule has 0 saturated carbocycles. The summed E-state index contributed by atoms with van der Waals surface area (Å²) in [5.41, 5.74) is 11.3. The number of allylic oxidation sites excluding steroid dienone is 4. The average Bonchev–Trinajstić information content (AvgIpc) is 2.59. The fourth-order valence-corrected chi connectivity index (χ4v) is 2.86. The summed E-state index contributed by atoms with van der Waals surface area (Å²) in [6.45, 7) is 0. The van der Waals surface area contributed by atoms with E-state index in [0.717, 1.165) is 29.0 Å². The van der Waals surface area contributed by atoms with Gasteiger partial charge in [-0.05, 0) is 23.6 Å². The van der Waals surface area contributed by atoms with Crippen LogP contribution in [0.25, 0.3) is 0 Å². The molecule has 2 N–H and O–H groups in total. The highest BCUT2D eigenvalue weighted by Crippen LogP contribution is 2.28. The van der Waals surface area contributed by atoms with Crippen molar-refractivity contribution in [3.8, 4) is 0 Å². The van der Waals surface area contributed by atoms with Gasteiger partial charge in [0.25, 0.3) is 0 Å². The summed E-state index contributed by atoms with van der Waals surface area (Å²) in [6.07, 6.45) is 7.67. The Morgan fingerprint density at radius 3 is 2.41 bits per heavy atom. The topological polar surface area (TPSA) is 38.4 Å². The first kappa shape index (κ1) is 14.3. The van der Waals surface area contributed by atoms with Crippen LogP contribution in [-0.4, -0.2) is 12.8 Å². The number of nitrogens with zero attached hydrogens (tertiary/aromatic N) is 1. The Labute approximate surface area is 131 Å². The summed E-state index contributed by atoms with van der Waals surface area (Å²) < 4.78 is 0. The van der Waals surface area contributed by atoms with Crippen molar-refractivity contribution in [1.82, 2.24) is 0 Å². The highest BCUT2D eigenvalue weighted by atomic mass is 14.7. The van der Waals surface area contributed by atoms with Gasteiger partial charge in [-0.15, -0.1) is 0 Å². The maximum Gasteiger partial charge on any atom is 0.0732 e. The summed E-state index contributed by atoms with van der Waals surface area (Å²) in [5.74, 6) is 0.441. The van der Waals surface area contributed by atoms with E-state index in [-0.39, 0.29) is 0 Å². The second-order valence-electron chi connectivity index (χ2n) is 5.43. The standard InChI is InChI=1S/C20H20N2/c1-22-20(18-9-5-6-10-19(18)21)17-13-11-16(12-14-17)15-7-3-2-4-8-15/h2-11,13-14,16H,12,21H2,1H3. The van der Waals surface area contributed by atoms with Crippen LogP contribution in [0.1, 0.15) is 23.5 Å². The first-order chi connectivity index (χ1) is 10.8. The van der Waals surface area contributed by atoms with Crippen molar-refractivity contribution in [1.29, 1.82) is 0 Å². The van der Waals surface area contributed by atoms with Crippen molar-refractivity contribution in [2.75, 3.05) is 12.8 Å². The van der Waals surface area contributed by atoms with Gasteiger partial charge in [-0.3, -0.25) is 4.99 Å². The molecule has 0 radical (unpaired) electrons. The Kier molecular flexibility index (Phi) is 4.19. The molecule has 0 spiro atoms. The Bertz CT molecular complexity index is 739. The predicted molar refractivity (Wildman–Crippen MR) is 94.3 cm³/mol. The smallest absolute Gasteiger partial charge is 0.0732 e. The largest absolute Gasteiger partial charge is 0.398 e. The van der Waals surface area contributed by atoms with Gasteiger partial charge in [0.2, 0.25) is 0 Å².